The van der Waals surface area contributed by atoms with E-state index in [-0.39, 0.29) is 0 Å². The number of aryl methyl sites for hydroxylation is 2. The Labute approximate surface area is 149 Å². The molecule has 0 atom stereocenters. The maximum atomic E-state index is 5.42. The van der Waals surface area contributed by atoms with E-state index in [1.54, 1.807) is 7.05 Å². The highest BCUT2D eigenvalue weighted by Crippen LogP contribution is 2.22. The van der Waals surface area contributed by atoms with E-state index < -0.39 is 0 Å². The van der Waals surface area contributed by atoms with Gasteiger partial charge in [0.05, 0.1) is 17.9 Å². The zero-order valence-electron chi connectivity index (χ0n) is 15.8. The first-order chi connectivity index (χ1) is 12.1. The minimum Gasteiger partial charge on any atom is -0.361 e. The summed E-state index contributed by atoms with van der Waals surface area (Å²) in [6, 6.07) is 2.03. The lowest BCUT2D eigenvalue weighted by molar-refractivity contribution is 0.368. The van der Waals surface area contributed by atoms with Crippen LogP contribution in [0.5, 0.6) is 0 Å². The van der Waals surface area contributed by atoms with Crippen molar-refractivity contribution in [3.05, 3.63) is 34.5 Å². The third-order valence-electron chi connectivity index (χ3n) is 4.48. The van der Waals surface area contributed by atoms with Crippen LogP contribution in [-0.4, -0.2) is 29.9 Å². The van der Waals surface area contributed by atoms with Crippen LogP contribution in [-0.2, 0) is 13.0 Å². The molecule has 2 heterocycles. The van der Waals surface area contributed by atoms with Crippen molar-refractivity contribution in [2.24, 2.45) is 4.99 Å². The summed E-state index contributed by atoms with van der Waals surface area (Å²) in [5.41, 5.74) is 3.12. The van der Waals surface area contributed by atoms with Crippen LogP contribution in [0.4, 0.5) is 0 Å². The van der Waals surface area contributed by atoms with Gasteiger partial charge in [0.25, 0.3) is 0 Å². The molecule has 0 saturated carbocycles. The minimum absolute atomic E-state index is 0.463. The SMILES string of the molecule is CCC(CC)c1cc(CNC(=NC)NCCc2c(C)noc2C)on1. The lowest BCUT2D eigenvalue weighted by Gasteiger charge is -2.10. The van der Waals surface area contributed by atoms with Gasteiger partial charge in [0.2, 0.25) is 0 Å². The molecule has 2 aromatic rings. The van der Waals surface area contributed by atoms with Crippen molar-refractivity contribution in [1.29, 1.82) is 0 Å². The first-order valence-electron chi connectivity index (χ1n) is 8.90. The number of hydrogen-bond donors (Lipinski definition) is 2. The van der Waals surface area contributed by atoms with Crippen molar-refractivity contribution in [1.82, 2.24) is 20.9 Å². The van der Waals surface area contributed by atoms with Crippen LogP contribution in [0.1, 0.15) is 61.1 Å². The third-order valence-corrected chi connectivity index (χ3v) is 4.48. The Bertz CT molecular complexity index is 666. The summed E-state index contributed by atoms with van der Waals surface area (Å²) in [5.74, 6) is 2.88. The second kappa shape index (κ2) is 9.25. The highest BCUT2D eigenvalue weighted by molar-refractivity contribution is 5.79. The average molecular weight is 347 g/mol. The van der Waals surface area contributed by atoms with Gasteiger partial charge in [0, 0.05) is 31.1 Å². The predicted octanol–water partition coefficient (Wildman–Crippen LogP) is 3.09. The Morgan fingerprint density at radius 3 is 2.52 bits per heavy atom. The second-order valence-corrected chi connectivity index (χ2v) is 6.14. The van der Waals surface area contributed by atoms with E-state index in [1.807, 2.05) is 19.9 Å². The largest absolute Gasteiger partial charge is 0.361 e. The number of rotatable bonds is 8. The number of aliphatic imine (C=N–C) groups is 1. The van der Waals surface area contributed by atoms with Gasteiger partial charge in [-0.15, -0.1) is 0 Å². The molecule has 0 aliphatic carbocycles. The molecule has 138 valence electrons. The van der Waals surface area contributed by atoms with E-state index in [1.165, 1.54) is 0 Å². The molecule has 0 radical (unpaired) electrons. The summed E-state index contributed by atoms with van der Waals surface area (Å²) in [6.45, 7) is 9.54. The number of nitrogens with one attached hydrogen (secondary N) is 2. The molecule has 7 heteroatoms. The van der Waals surface area contributed by atoms with Gasteiger partial charge in [-0.3, -0.25) is 4.99 Å². The number of nitrogens with zero attached hydrogens (tertiary/aromatic N) is 3. The predicted molar refractivity (Wildman–Crippen MR) is 97.7 cm³/mol. The minimum atomic E-state index is 0.463. The maximum Gasteiger partial charge on any atom is 0.191 e. The van der Waals surface area contributed by atoms with Crippen molar-refractivity contribution in [2.75, 3.05) is 13.6 Å². The Morgan fingerprint density at radius 2 is 1.92 bits per heavy atom. The lowest BCUT2D eigenvalue weighted by atomic mass is 9.99. The van der Waals surface area contributed by atoms with Crippen molar-refractivity contribution in [3.8, 4) is 0 Å². The fourth-order valence-electron chi connectivity index (χ4n) is 2.87. The lowest BCUT2D eigenvalue weighted by Crippen LogP contribution is -2.37. The van der Waals surface area contributed by atoms with E-state index in [2.05, 4.69) is 39.8 Å². The maximum absolute atomic E-state index is 5.42. The topological polar surface area (TPSA) is 88.5 Å². The number of guanidine groups is 1. The Balaban J connectivity index is 1.80. The van der Waals surface area contributed by atoms with Gasteiger partial charge < -0.3 is 19.7 Å². The first kappa shape index (κ1) is 19.0. The van der Waals surface area contributed by atoms with Crippen LogP contribution in [0.15, 0.2) is 20.1 Å². The van der Waals surface area contributed by atoms with Gasteiger partial charge in [-0.2, -0.15) is 0 Å². The molecule has 2 aromatic heterocycles. The molecular weight excluding hydrogens is 318 g/mol. The van der Waals surface area contributed by atoms with Crippen LogP contribution < -0.4 is 10.6 Å². The zero-order chi connectivity index (χ0) is 18.2. The molecule has 25 heavy (non-hydrogen) atoms. The van der Waals surface area contributed by atoms with E-state index in [4.69, 9.17) is 9.05 Å². The normalized spacial score (nSPS) is 12.0. The number of hydrogen-bond acceptors (Lipinski definition) is 5. The summed E-state index contributed by atoms with van der Waals surface area (Å²) >= 11 is 0. The van der Waals surface area contributed by atoms with E-state index >= 15 is 0 Å². The Kier molecular flexibility index (Phi) is 7.03. The van der Waals surface area contributed by atoms with Crippen molar-refractivity contribution in [3.63, 3.8) is 0 Å². The molecular formula is C18H29N5O2. The zero-order valence-corrected chi connectivity index (χ0v) is 15.8. The van der Waals surface area contributed by atoms with Crippen molar-refractivity contribution < 1.29 is 9.05 Å². The van der Waals surface area contributed by atoms with Gasteiger partial charge in [-0.25, -0.2) is 0 Å². The van der Waals surface area contributed by atoms with Gasteiger partial charge >= 0.3 is 0 Å². The quantitative estimate of drug-likeness (QED) is 0.563. The highest BCUT2D eigenvalue weighted by Gasteiger charge is 2.13. The monoisotopic (exact) mass is 347 g/mol. The standard InChI is InChI=1S/C18H29N5O2/c1-6-14(7-2)17-10-15(25-23-17)11-21-18(19-5)20-9-8-16-12(3)22-24-13(16)4/h10,14H,6-9,11H2,1-5H3,(H2,19,20,21). The molecule has 0 fully saturated rings. The summed E-state index contributed by atoms with van der Waals surface area (Å²) < 4.78 is 10.6. The molecule has 0 bridgehead atoms. The average Bonchev–Trinajstić information content (AvgIpc) is 3.20. The van der Waals surface area contributed by atoms with Crippen LogP contribution in [0.2, 0.25) is 0 Å². The first-order valence-corrected chi connectivity index (χ1v) is 8.90. The molecule has 2 N–H and O–H groups in total. The molecule has 0 aromatic carbocycles. The second-order valence-electron chi connectivity index (χ2n) is 6.14. The van der Waals surface area contributed by atoms with E-state index in [0.29, 0.717) is 12.5 Å². The summed E-state index contributed by atoms with van der Waals surface area (Å²) in [6.07, 6.45) is 2.98. The van der Waals surface area contributed by atoms with Crippen LogP contribution >= 0.6 is 0 Å². The Hall–Kier alpha value is -2.31. The molecule has 0 amide bonds. The summed E-state index contributed by atoms with van der Waals surface area (Å²) in [4.78, 5) is 4.23. The fraction of sp³-hybridized carbons (Fsp3) is 0.611. The van der Waals surface area contributed by atoms with Crippen LogP contribution in [0.3, 0.4) is 0 Å². The molecule has 2 rings (SSSR count). The van der Waals surface area contributed by atoms with E-state index in [0.717, 1.165) is 60.2 Å². The molecule has 0 unspecified atom stereocenters. The fourth-order valence-corrected chi connectivity index (χ4v) is 2.87. The molecule has 0 aliphatic rings. The highest BCUT2D eigenvalue weighted by atomic mass is 16.5. The van der Waals surface area contributed by atoms with Crippen molar-refractivity contribution in [2.45, 2.75) is 59.4 Å². The molecule has 0 spiro atoms. The van der Waals surface area contributed by atoms with E-state index in [9.17, 15) is 0 Å². The van der Waals surface area contributed by atoms with Gasteiger partial charge in [-0.1, -0.05) is 24.2 Å². The van der Waals surface area contributed by atoms with Gasteiger partial charge in [0.1, 0.15) is 5.76 Å². The van der Waals surface area contributed by atoms with Crippen LogP contribution in [0, 0.1) is 13.8 Å². The third kappa shape index (κ3) is 5.08. The summed E-state index contributed by atoms with van der Waals surface area (Å²) in [7, 11) is 1.75. The van der Waals surface area contributed by atoms with Gasteiger partial charge in [-0.05, 0) is 33.1 Å². The van der Waals surface area contributed by atoms with Crippen LogP contribution in [0.25, 0.3) is 0 Å². The van der Waals surface area contributed by atoms with Gasteiger partial charge in [0.15, 0.2) is 11.7 Å². The smallest absolute Gasteiger partial charge is 0.191 e. The Morgan fingerprint density at radius 1 is 1.16 bits per heavy atom. The number of aromatic nitrogens is 2. The summed E-state index contributed by atoms with van der Waals surface area (Å²) in [5, 5.41) is 14.7. The molecule has 7 nitrogen and oxygen atoms in total. The molecule has 0 aliphatic heterocycles. The van der Waals surface area contributed by atoms with Crippen molar-refractivity contribution >= 4 is 5.96 Å². The molecule has 0 saturated heterocycles.